The predicted molar refractivity (Wildman–Crippen MR) is 79.4 cm³/mol. The Bertz CT molecular complexity index is 585. The smallest absolute Gasteiger partial charge is 0.358 e. The van der Waals surface area contributed by atoms with Gasteiger partial charge < -0.3 is 20.3 Å². The first kappa shape index (κ1) is 15.0. The molecular weight excluding hydrogens is 286 g/mol. The Morgan fingerprint density at radius 1 is 1.45 bits per heavy atom. The van der Waals surface area contributed by atoms with E-state index < -0.39 is 4.92 Å². The second kappa shape index (κ2) is 5.68. The highest BCUT2D eigenvalue weighted by Gasteiger charge is 2.38. The highest BCUT2D eigenvalue weighted by atomic mass is 16.6. The number of carbonyl (C=O) groups excluding carboxylic acids is 1. The van der Waals surface area contributed by atoms with Gasteiger partial charge in [-0.1, -0.05) is 0 Å². The van der Waals surface area contributed by atoms with Gasteiger partial charge in [0.25, 0.3) is 0 Å². The molecule has 1 aromatic rings. The number of amides is 1. The first-order valence-corrected chi connectivity index (χ1v) is 7.64. The molecule has 1 aromatic heterocycles. The van der Waals surface area contributed by atoms with Crippen molar-refractivity contribution < 1.29 is 9.72 Å². The fraction of sp³-hybridized carbons (Fsp3) is 0.714. The summed E-state index contributed by atoms with van der Waals surface area (Å²) in [5.74, 6) is -0.349. The maximum atomic E-state index is 12.2. The summed E-state index contributed by atoms with van der Waals surface area (Å²) in [5.41, 5.74) is 0.616. The van der Waals surface area contributed by atoms with Crippen molar-refractivity contribution in [1.29, 1.82) is 0 Å². The lowest BCUT2D eigenvalue weighted by molar-refractivity contribution is -0.389. The van der Waals surface area contributed by atoms with Crippen LogP contribution in [0.2, 0.25) is 0 Å². The molecule has 2 fully saturated rings. The maximum absolute atomic E-state index is 12.2. The molecule has 0 aromatic carbocycles. The molecular formula is C14H21N5O3. The van der Waals surface area contributed by atoms with Gasteiger partial charge in [0.1, 0.15) is 6.54 Å². The van der Waals surface area contributed by atoms with E-state index in [9.17, 15) is 14.9 Å². The highest BCUT2D eigenvalue weighted by Crippen LogP contribution is 2.34. The Labute approximate surface area is 128 Å². The molecule has 0 radical (unpaired) electrons. The molecule has 1 N–H and O–H groups in total. The molecule has 22 heavy (non-hydrogen) atoms. The van der Waals surface area contributed by atoms with Crippen LogP contribution in [0.1, 0.15) is 31.4 Å². The molecule has 8 nitrogen and oxygen atoms in total. The largest absolute Gasteiger partial charge is 0.390 e. The zero-order valence-electron chi connectivity index (χ0n) is 12.9. The second-order valence-electron chi connectivity index (χ2n) is 6.34. The van der Waals surface area contributed by atoms with Crippen molar-refractivity contribution in [2.45, 2.75) is 57.3 Å². The van der Waals surface area contributed by atoms with Crippen molar-refractivity contribution in [3.05, 3.63) is 21.9 Å². The van der Waals surface area contributed by atoms with Gasteiger partial charge in [-0.3, -0.25) is 4.79 Å². The number of nitrogens with zero attached hydrogens (tertiary/aromatic N) is 4. The highest BCUT2D eigenvalue weighted by molar-refractivity contribution is 5.76. The van der Waals surface area contributed by atoms with E-state index in [0.29, 0.717) is 17.8 Å². The predicted octanol–water partition coefficient (Wildman–Crippen LogP) is 0.841. The van der Waals surface area contributed by atoms with Crippen LogP contribution in [-0.4, -0.2) is 50.7 Å². The van der Waals surface area contributed by atoms with E-state index in [1.165, 1.54) is 23.6 Å². The molecule has 1 amide bonds. The third kappa shape index (κ3) is 2.83. The number of nitrogens with one attached hydrogen (secondary N) is 1. The van der Waals surface area contributed by atoms with Crippen LogP contribution in [0.25, 0.3) is 0 Å². The molecule has 2 atom stereocenters. The van der Waals surface area contributed by atoms with Crippen molar-refractivity contribution in [3.63, 3.8) is 0 Å². The van der Waals surface area contributed by atoms with Crippen LogP contribution in [0.15, 0.2) is 6.07 Å². The summed E-state index contributed by atoms with van der Waals surface area (Å²) < 4.78 is 1.39. The van der Waals surface area contributed by atoms with Gasteiger partial charge in [0.15, 0.2) is 0 Å². The van der Waals surface area contributed by atoms with Crippen LogP contribution >= 0.6 is 0 Å². The molecule has 2 aliphatic rings. The van der Waals surface area contributed by atoms with Crippen molar-refractivity contribution in [1.82, 2.24) is 20.0 Å². The molecule has 2 bridgehead atoms. The summed E-state index contributed by atoms with van der Waals surface area (Å²) in [5, 5.41) is 17.6. The Morgan fingerprint density at radius 2 is 2.09 bits per heavy atom. The minimum Gasteiger partial charge on any atom is -0.358 e. The molecule has 120 valence electrons. The topological polar surface area (TPSA) is 93.3 Å². The van der Waals surface area contributed by atoms with Gasteiger partial charge in [-0.25, -0.2) is 0 Å². The van der Waals surface area contributed by atoms with E-state index in [1.807, 2.05) is 0 Å². The number of rotatable bonds is 4. The lowest BCUT2D eigenvalue weighted by Gasteiger charge is -2.36. The van der Waals surface area contributed by atoms with Crippen LogP contribution in [0.4, 0.5) is 5.82 Å². The first-order valence-electron chi connectivity index (χ1n) is 7.64. The molecule has 0 spiro atoms. The summed E-state index contributed by atoms with van der Waals surface area (Å²) >= 11 is 0. The van der Waals surface area contributed by atoms with E-state index in [4.69, 9.17) is 0 Å². The van der Waals surface area contributed by atoms with E-state index >= 15 is 0 Å². The number of fused-ring (bicyclic) bond motifs is 2. The molecule has 0 saturated carbocycles. The lowest BCUT2D eigenvalue weighted by atomic mass is 9.98. The maximum Gasteiger partial charge on any atom is 0.390 e. The average molecular weight is 307 g/mol. The molecule has 0 aliphatic carbocycles. The zero-order valence-corrected chi connectivity index (χ0v) is 12.9. The van der Waals surface area contributed by atoms with Crippen molar-refractivity contribution >= 4 is 11.7 Å². The van der Waals surface area contributed by atoms with Gasteiger partial charge >= 0.3 is 5.82 Å². The zero-order chi connectivity index (χ0) is 15.9. The van der Waals surface area contributed by atoms with Gasteiger partial charge in [0.2, 0.25) is 5.91 Å². The minimum absolute atomic E-state index is 0.0291. The van der Waals surface area contributed by atoms with E-state index in [-0.39, 0.29) is 24.3 Å². The number of hydrogen-bond acceptors (Lipinski definition) is 5. The van der Waals surface area contributed by atoms with Gasteiger partial charge in [-0.05, 0) is 44.6 Å². The second-order valence-corrected chi connectivity index (χ2v) is 6.34. The quantitative estimate of drug-likeness (QED) is 0.657. The normalized spacial score (nSPS) is 27.8. The fourth-order valence-corrected chi connectivity index (χ4v) is 3.68. The number of carbonyl (C=O) groups is 1. The van der Waals surface area contributed by atoms with Crippen molar-refractivity contribution in [2.75, 3.05) is 7.05 Å². The standard InChI is InChI=1S/C14H21N5O3/c1-9-5-13(19(21)22)16-18(9)8-14(20)15-10-6-11-3-4-12(7-10)17(11)2/h5,10-12H,3-4,6-8H2,1-2H3,(H,15,20). The molecule has 2 saturated heterocycles. The fourth-order valence-electron chi connectivity index (χ4n) is 3.68. The minimum atomic E-state index is -0.546. The molecule has 3 heterocycles. The van der Waals surface area contributed by atoms with Crippen LogP contribution in [0, 0.1) is 17.0 Å². The summed E-state index contributed by atoms with van der Waals surface area (Å²) in [7, 11) is 2.16. The SMILES string of the molecule is Cc1cc([N+](=O)[O-])nn1CC(=O)NC1CC2CCC(C1)N2C. The summed E-state index contributed by atoms with van der Waals surface area (Å²) in [6.07, 6.45) is 4.38. The third-order valence-corrected chi connectivity index (χ3v) is 4.91. The number of aromatic nitrogens is 2. The lowest BCUT2D eigenvalue weighted by Crippen LogP contribution is -2.49. The molecule has 3 rings (SSSR count). The Balaban J connectivity index is 1.58. The van der Waals surface area contributed by atoms with Gasteiger partial charge in [-0.2, -0.15) is 4.68 Å². The first-order chi connectivity index (χ1) is 10.4. The Hall–Kier alpha value is -1.96. The average Bonchev–Trinajstić information content (AvgIpc) is 2.88. The summed E-state index contributed by atoms with van der Waals surface area (Å²) in [6, 6.07) is 2.71. The van der Waals surface area contributed by atoms with Crippen molar-refractivity contribution in [2.24, 2.45) is 0 Å². The van der Waals surface area contributed by atoms with E-state index in [2.05, 4.69) is 22.4 Å². The van der Waals surface area contributed by atoms with Gasteiger partial charge in [-0.15, -0.1) is 0 Å². The summed E-state index contributed by atoms with van der Waals surface area (Å²) in [6.45, 7) is 1.74. The Kier molecular flexibility index (Phi) is 3.86. The van der Waals surface area contributed by atoms with Crippen LogP contribution < -0.4 is 5.32 Å². The van der Waals surface area contributed by atoms with Crippen LogP contribution in [0.3, 0.4) is 0 Å². The molecule has 2 aliphatic heterocycles. The van der Waals surface area contributed by atoms with Gasteiger partial charge in [0.05, 0.1) is 16.9 Å². The van der Waals surface area contributed by atoms with Crippen LogP contribution in [0.5, 0.6) is 0 Å². The summed E-state index contributed by atoms with van der Waals surface area (Å²) in [4.78, 5) is 24.8. The number of hydrogen-bond donors (Lipinski definition) is 1. The van der Waals surface area contributed by atoms with Crippen molar-refractivity contribution in [3.8, 4) is 0 Å². The van der Waals surface area contributed by atoms with E-state index in [1.54, 1.807) is 6.92 Å². The molecule has 8 heteroatoms. The van der Waals surface area contributed by atoms with Gasteiger partial charge in [0, 0.05) is 18.1 Å². The third-order valence-electron chi connectivity index (χ3n) is 4.91. The molecule has 2 unspecified atom stereocenters. The monoisotopic (exact) mass is 307 g/mol. The number of aryl methyl sites for hydroxylation is 1. The number of nitro groups is 1. The Morgan fingerprint density at radius 3 is 2.64 bits per heavy atom. The van der Waals surface area contributed by atoms with Crippen LogP contribution in [-0.2, 0) is 11.3 Å². The van der Waals surface area contributed by atoms with E-state index in [0.717, 1.165) is 12.8 Å². The number of piperidine rings is 1.